The van der Waals surface area contributed by atoms with Crippen LogP contribution in [0.2, 0.25) is 0 Å². The first-order valence-corrected chi connectivity index (χ1v) is 4.97. The number of aliphatic hydroxyl groups excluding tert-OH is 1. The first-order chi connectivity index (χ1) is 7.56. The highest BCUT2D eigenvalue weighted by atomic mass is 127. The first-order valence-electron chi connectivity index (χ1n) is 3.14. The monoisotopic (exact) mass is 412 g/mol. The smallest absolute Gasteiger partial charge is 0.400 e. The second-order valence-corrected chi connectivity index (χ2v) is 2.30. The fourth-order valence-electron chi connectivity index (χ4n) is 0. The number of alkyl halides is 9. The molecule has 2 nitrogen and oxygen atoms in total. The van der Waals surface area contributed by atoms with E-state index in [4.69, 9.17) is 5.11 Å². The van der Waals surface area contributed by atoms with Crippen LogP contribution in [0.4, 0.5) is 30.7 Å². The van der Waals surface area contributed by atoms with Crippen molar-refractivity contribution in [1.82, 2.24) is 0 Å². The van der Waals surface area contributed by atoms with Crippen LogP contribution in [0.5, 0.6) is 0 Å². The van der Waals surface area contributed by atoms with Gasteiger partial charge in [0, 0.05) is 43.2 Å². The maximum absolute atomic E-state index is 10.6. The van der Waals surface area contributed by atoms with Gasteiger partial charge in [0.25, 0.3) is 0 Å². The molecule has 1 N–H and O–H groups in total. The van der Waals surface area contributed by atoms with Crippen LogP contribution in [-0.4, -0.2) is 43.4 Å². The quantitative estimate of drug-likeness (QED) is 0.368. The Balaban J connectivity index is -0.0000000395. The zero-order valence-corrected chi connectivity index (χ0v) is 12.2. The van der Waals surface area contributed by atoms with E-state index < -0.39 is 10.5 Å². The van der Waals surface area contributed by atoms with Gasteiger partial charge in [0.15, 0.2) is 0 Å². The average molecular weight is 413 g/mol. The molecule has 0 aliphatic heterocycles. The van der Waals surface area contributed by atoms with Gasteiger partial charge in [0.2, 0.25) is 0 Å². The highest BCUT2D eigenvalue weighted by Crippen LogP contribution is 2.22. The molecular weight excluding hydrogens is 399 g/mol. The zero-order chi connectivity index (χ0) is 15.7. The third-order valence-electron chi connectivity index (χ3n) is 0.231. The Labute approximate surface area is 113 Å². The van der Waals surface area contributed by atoms with Crippen LogP contribution in [-0.2, 0) is 4.74 Å². The molecule has 0 spiro atoms. The normalized spacial score (nSPS) is 8.82. The lowest BCUT2D eigenvalue weighted by Gasteiger charge is -1.97. The van der Waals surface area contributed by atoms with Crippen LogP contribution >= 0.6 is 34.2 Å². The molecule has 0 saturated heterocycles. The van der Waals surface area contributed by atoms with E-state index in [0.717, 1.165) is 7.11 Å². The van der Waals surface area contributed by atoms with Crippen LogP contribution in [0.1, 0.15) is 0 Å². The second-order valence-electron chi connectivity index (χ2n) is 1.08. The van der Waals surface area contributed by atoms with E-state index in [1.165, 1.54) is 6.38 Å². The minimum atomic E-state index is -4.46. The molecule has 0 rings (SSSR count). The molecule has 0 amide bonds. The SMILES string of the molecule is CCl.CF.CO.COC(F)(F)F.FC(F)(F)I. The highest BCUT2D eigenvalue weighted by molar-refractivity contribution is 14.1. The summed E-state index contributed by atoms with van der Waals surface area (Å²) < 4.78 is 71.1. The molecule has 0 bridgehead atoms. The van der Waals surface area contributed by atoms with Crippen LogP contribution < -0.4 is 0 Å². The maximum atomic E-state index is 10.6. The molecule has 0 saturated carbocycles. The van der Waals surface area contributed by atoms with Gasteiger partial charge in [-0.2, -0.15) is 13.2 Å². The van der Waals surface area contributed by atoms with Gasteiger partial charge in [0.1, 0.15) is 0 Å². The average Bonchev–Trinajstić information content (AvgIpc) is 2.23. The summed E-state index contributed by atoms with van der Waals surface area (Å²) >= 11 is 5.02. The van der Waals surface area contributed by atoms with Gasteiger partial charge >= 0.3 is 10.5 Å². The van der Waals surface area contributed by atoms with Crippen molar-refractivity contribution in [3.63, 3.8) is 0 Å². The Morgan fingerprint density at radius 2 is 1.00 bits per heavy atom. The third-order valence-corrected chi connectivity index (χ3v) is 0.231. The summed E-state index contributed by atoms with van der Waals surface area (Å²) in [7, 11) is 2.08. The maximum Gasteiger partial charge on any atom is 0.522 e. The standard InChI is InChI=1S/C2H3F3O.CH3Cl.CF3I.CH3F.CH4O/c1-6-2(3,4)5;1-2;2-1(3,4)5;2*1-2/h1H3;1H3;;1H3;2H,1H3. The van der Waals surface area contributed by atoms with Crippen molar-refractivity contribution >= 4 is 34.2 Å². The summed E-state index contributed by atoms with van der Waals surface area (Å²) in [5.74, 6) is 0. The lowest BCUT2D eigenvalue weighted by Crippen LogP contribution is -2.08. The van der Waals surface area contributed by atoms with E-state index in [0.29, 0.717) is 36.9 Å². The van der Waals surface area contributed by atoms with Crippen molar-refractivity contribution in [1.29, 1.82) is 0 Å². The molecule has 0 aromatic heterocycles. The molecule has 0 aliphatic carbocycles. The highest BCUT2D eigenvalue weighted by Gasteiger charge is 2.25. The number of aliphatic hydroxyl groups is 1. The minimum absolute atomic E-state index is 0.378. The number of methoxy groups -OCH3 is 1. The summed E-state index contributed by atoms with van der Waals surface area (Å²) in [6.07, 6.45) is -2.99. The fraction of sp³-hybridized carbons (Fsp3) is 1.00. The number of halogens is 9. The van der Waals surface area contributed by atoms with Gasteiger partial charge in [-0.25, -0.2) is 0 Å². The lowest BCUT2D eigenvalue weighted by atomic mass is 11.3. The fourth-order valence-corrected chi connectivity index (χ4v) is 0. The van der Waals surface area contributed by atoms with Gasteiger partial charge in [0.05, 0.1) is 7.18 Å². The Kier molecular flexibility index (Phi) is 38.9. The van der Waals surface area contributed by atoms with Crippen molar-refractivity contribution in [3.8, 4) is 0 Å². The predicted octanol–water partition coefficient (Wildman–Crippen LogP) is 4.14. The summed E-state index contributed by atoms with van der Waals surface area (Å²) in [6, 6.07) is 0. The van der Waals surface area contributed by atoms with E-state index in [2.05, 4.69) is 16.3 Å². The van der Waals surface area contributed by atoms with Crippen LogP contribution in [0.25, 0.3) is 0 Å². The van der Waals surface area contributed by atoms with Gasteiger partial charge < -0.3 is 5.11 Å². The minimum Gasteiger partial charge on any atom is -0.400 e. The van der Waals surface area contributed by atoms with E-state index in [9.17, 15) is 30.7 Å². The van der Waals surface area contributed by atoms with Gasteiger partial charge in [-0.05, 0) is 0 Å². The van der Waals surface area contributed by atoms with Crippen molar-refractivity contribution in [2.45, 2.75) is 10.5 Å². The summed E-state index contributed by atoms with van der Waals surface area (Å²) in [5, 5.41) is 7.00. The Morgan fingerprint density at radius 3 is 1.00 bits per heavy atom. The summed E-state index contributed by atoms with van der Waals surface area (Å²) in [5.41, 5.74) is 0. The number of hydrogen-bond acceptors (Lipinski definition) is 2. The summed E-state index contributed by atoms with van der Waals surface area (Å²) in [6.45, 7) is 0. The molecule has 0 radical (unpaired) electrons. The molecule has 0 aliphatic rings. The zero-order valence-electron chi connectivity index (χ0n) is 9.26. The molecule has 0 fully saturated rings. The van der Waals surface area contributed by atoms with Crippen molar-refractivity contribution in [2.24, 2.45) is 0 Å². The van der Waals surface area contributed by atoms with Gasteiger partial charge in [-0.1, -0.05) is 0 Å². The van der Waals surface area contributed by atoms with E-state index >= 15 is 0 Å². The Morgan fingerprint density at radius 1 is 0.941 bits per heavy atom. The molecular formula is C6H13ClF7IO2. The van der Waals surface area contributed by atoms with Crippen molar-refractivity contribution < 1.29 is 40.6 Å². The molecule has 17 heavy (non-hydrogen) atoms. The first kappa shape index (κ1) is 30.5. The van der Waals surface area contributed by atoms with E-state index in [-0.39, 0.29) is 0 Å². The van der Waals surface area contributed by atoms with Gasteiger partial charge in [-0.3, -0.25) is 9.13 Å². The predicted molar refractivity (Wildman–Crippen MR) is 60.1 cm³/mol. The van der Waals surface area contributed by atoms with Crippen molar-refractivity contribution in [3.05, 3.63) is 0 Å². The molecule has 0 unspecified atom stereocenters. The van der Waals surface area contributed by atoms with Crippen LogP contribution in [0.15, 0.2) is 0 Å². The molecule has 112 valence electrons. The van der Waals surface area contributed by atoms with E-state index in [1.807, 2.05) is 0 Å². The third kappa shape index (κ3) is 289. The van der Waals surface area contributed by atoms with Crippen LogP contribution in [0, 0.1) is 0 Å². The topological polar surface area (TPSA) is 29.5 Å². The Bertz CT molecular complexity index is 104. The largest absolute Gasteiger partial charge is 0.522 e. The molecule has 0 atom stereocenters. The molecule has 11 heteroatoms. The molecule has 0 aromatic rings. The number of ether oxygens (including phenoxy) is 1. The lowest BCUT2D eigenvalue weighted by molar-refractivity contribution is -0.311. The number of rotatable bonds is 0. The Hall–Kier alpha value is 0.450. The number of hydrogen-bond donors (Lipinski definition) is 1. The molecule has 0 aromatic carbocycles. The van der Waals surface area contributed by atoms with Crippen LogP contribution in [0.3, 0.4) is 0 Å². The van der Waals surface area contributed by atoms with Gasteiger partial charge in [-0.15, -0.1) is 24.8 Å². The second kappa shape index (κ2) is 21.7. The summed E-state index contributed by atoms with van der Waals surface area (Å²) in [4.78, 5) is 0. The van der Waals surface area contributed by atoms with Crippen molar-refractivity contribution in [2.75, 3.05) is 27.8 Å². The molecule has 0 heterocycles. The van der Waals surface area contributed by atoms with E-state index in [1.54, 1.807) is 0 Å².